The maximum absolute atomic E-state index is 12.4. The molecule has 2 aliphatic rings. The van der Waals surface area contributed by atoms with Gasteiger partial charge in [0.15, 0.2) is 0 Å². The summed E-state index contributed by atoms with van der Waals surface area (Å²) < 4.78 is 0. The van der Waals surface area contributed by atoms with E-state index in [0.29, 0.717) is 17.9 Å². The van der Waals surface area contributed by atoms with Crippen molar-refractivity contribution in [3.8, 4) is 6.07 Å². The number of rotatable bonds is 4. The Bertz CT molecular complexity index is 432. The van der Waals surface area contributed by atoms with Gasteiger partial charge < -0.3 is 4.90 Å². The van der Waals surface area contributed by atoms with Crippen LogP contribution in [-0.2, 0) is 4.79 Å². The van der Waals surface area contributed by atoms with E-state index in [1.165, 1.54) is 6.42 Å². The highest BCUT2D eigenvalue weighted by molar-refractivity contribution is 5.78. The van der Waals surface area contributed by atoms with Crippen molar-refractivity contribution in [3.05, 3.63) is 0 Å². The van der Waals surface area contributed by atoms with Crippen LogP contribution in [0.5, 0.6) is 0 Å². The zero-order chi connectivity index (χ0) is 16.3. The van der Waals surface area contributed by atoms with Crippen LogP contribution in [0, 0.1) is 22.7 Å². The molecule has 0 saturated carbocycles. The highest BCUT2D eigenvalue weighted by Gasteiger charge is 2.32. The molecule has 0 aromatic heterocycles. The number of hydrogen-bond donors (Lipinski definition) is 0. The molecule has 5 heteroatoms. The lowest BCUT2D eigenvalue weighted by molar-refractivity contribution is -0.134. The molecule has 1 atom stereocenters. The van der Waals surface area contributed by atoms with Gasteiger partial charge in [0.25, 0.3) is 0 Å². The molecule has 0 spiro atoms. The monoisotopic (exact) mass is 306 g/mol. The van der Waals surface area contributed by atoms with Crippen molar-refractivity contribution in [2.75, 3.05) is 45.8 Å². The minimum atomic E-state index is -0.0309. The molecule has 1 unspecified atom stereocenters. The number of hydrogen-bond acceptors (Lipinski definition) is 4. The van der Waals surface area contributed by atoms with Crippen molar-refractivity contribution in [2.45, 2.75) is 40.2 Å². The van der Waals surface area contributed by atoms with Gasteiger partial charge in [0.05, 0.1) is 12.6 Å². The van der Waals surface area contributed by atoms with E-state index in [-0.39, 0.29) is 11.9 Å². The Morgan fingerprint density at radius 3 is 2.27 bits per heavy atom. The number of nitrogens with zero attached hydrogens (tertiary/aromatic N) is 4. The van der Waals surface area contributed by atoms with Crippen LogP contribution in [0.4, 0.5) is 0 Å². The van der Waals surface area contributed by atoms with E-state index in [1.807, 2.05) is 4.90 Å². The van der Waals surface area contributed by atoms with Gasteiger partial charge in [-0.05, 0) is 24.3 Å². The lowest BCUT2D eigenvalue weighted by Gasteiger charge is -2.38. The first kappa shape index (κ1) is 17.2. The summed E-state index contributed by atoms with van der Waals surface area (Å²) in [7, 11) is 0. The van der Waals surface area contributed by atoms with Gasteiger partial charge in [0, 0.05) is 32.7 Å². The summed E-state index contributed by atoms with van der Waals surface area (Å²) in [5.41, 5.74) is 0.344. The quantitative estimate of drug-likeness (QED) is 0.788. The molecular weight excluding hydrogens is 276 g/mol. The first-order chi connectivity index (χ1) is 10.3. The van der Waals surface area contributed by atoms with E-state index in [9.17, 15) is 10.1 Å². The Kier molecular flexibility index (Phi) is 5.46. The maximum atomic E-state index is 12.4. The zero-order valence-corrected chi connectivity index (χ0v) is 14.5. The summed E-state index contributed by atoms with van der Waals surface area (Å²) in [6.07, 6.45) is 1.17. The summed E-state index contributed by atoms with van der Waals surface area (Å²) in [4.78, 5) is 18.9. The Morgan fingerprint density at radius 1 is 1.18 bits per heavy atom. The average molecular weight is 306 g/mol. The molecule has 0 aliphatic carbocycles. The van der Waals surface area contributed by atoms with Crippen LogP contribution < -0.4 is 0 Å². The molecule has 2 heterocycles. The lowest BCUT2D eigenvalue weighted by atomic mass is 9.93. The van der Waals surface area contributed by atoms with Crippen molar-refractivity contribution in [1.82, 2.24) is 14.7 Å². The number of likely N-dealkylation sites (tertiary alicyclic amines) is 1. The first-order valence-corrected chi connectivity index (χ1v) is 8.46. The third kappa shape index (κ3) is 4.21. The van der Waals surface area contributed by atoms with Gasteiger partial charge in [-0.15, -0.1) is 0 Å². The molecule has 0 N–H and O–H groups in total. The van der Waals surface area contributed by atoms with Crippen molar-refractivity contribution in [1.29, 1.82) is 5.26 Å². The molecule has 2 saturated heterocycles. The molecule has 0 aromatic rings. The number of piperazine rings is 1. The van der Waals surface area contributed by atoms with Gasteiger partial charge in [-0.2, -0.15) is 5.26 Å². The predicted molar refractivity (Wildman–Crippen MR) is 87.2 cm³/mol. The molecular formula is C17H30N4O. The molecule has 2 fully saturated rings. The summed E-state index contributed by atoms with van der Waals surface area (Å²) in [6.45, 7) is 14.4. The van der Waals surface area contributed by atoms with Crippen molar-refractivity contribution >= 4 is 5.91 Å². The summed E-state index contributed by atoms with van der Waals surface area (Å²) in [6, 6.07) is 2.37. The SMILES string of the molecule is CC(C)C(C#N)N1CCN(C(=O)CN2CCC(C)(C)C2)CC1. The molecule has 0 radical (unpaired) electrons. The normalized spacial score (nSPS) is 24.5. The number of amides is 1. The average Bonchev–Trinajstić information content (AvgIpc) is 2.79. The fraction of sp³-hybridized carbons (Fsp3) is 0.882. The lowest BCUT2D eigenvalue weighted by Crippen LogP contribution is -2.54. The number of carbonyl (C=O) groups is 1. The second-order valence-corrected chi connectivity index (χ2v) is 7.86. The van der Waals surface area contributed by atoms with Gasteiger partial charge >= 0.3 is 0 Å². The predicted octanol–water partition coefficient (Wildman–Crippen LogP) is 1.41. The largest absolute Gasteiger partial charge is 0.339 e. The molecule has 0 bridgehead atoms. The minimum Gasteiger partial charge on any atom is -0.339 e. The smallest absolute Gasteiger partial charge is 0.236 e. The zero-order valence-electron chi connectivity index (χ0n) is 14.5. The Morgan fingerprint density at radius 2 is 1.82 bits per heavy atom. The van der Waals surface area contributed by atoms with Gasteiger partial charge in [-0.3, -0.25) is 14.6 Å². The van der Waals surface area contributed by atoms with E-state index in [4.69, 9.17) is 0 Å². The summed E-state index contributed by atoms with van der Waals surface area (Å²) in [5.74, 6) is 0.578. The van der Waals surface area contributed by atoms with Crippen LogP contribution in [0.3, 0.4) is 0 Å². The van der Waals surface area contributed by atoms with Gasteiger partial charge in [-0.25, -0.2) is 0 Å². The highest BCUT2D eigenvalue weighted by atomic mass is 16.2. The van der Waals surface area contributed by atoms with Crippen LogP contribution in [0.15, 0.2) is 0 Å². The molecule has 1 amide bonds. The van der Waals surface area contributed by atoms with Crippen LogP contribution in [0.25, 0.3) is 0 Å². The Labute approximate surface area is 134 Å². The minimum absolute atomic E-state index is 0.0309. The fourth-order valence-corrected chi connectivity index (χ4v) is 3.55. The van der Waals surface area contributed by atoms with Crippen molar-refractivity contribution < 1.29 is 4.79 Å². The van der Waals surface area contributed by atoms with E-state index in [1.54, 1.807) is 0 Å². The van der Waals surface area contributed by atoms with Crippen molar-refractivity contribution in [2.24, 2.45) is 11.3 Å². The number of carbonyl (C=O) groups excluding carboxylic acids is 1. The van der Waals surface area contributed by atoms with Crippen molar-refractivity contribution in [3.63, 3.8) is 0 Å². The van der Waals surface area contributed by atoms with Crippen LogP contribution >= 0.6 is 0 Å². The maximum Gasteiger partial charge on any atom is 0.236 e. The molecule has 2 aliphatic heterocycles. The third-order valence-corrected chi connectivity index (χ3v) is 4.94. The number of nitriles is 1. The molecule has 124 valence electrons. The first-order valence-electron chi connectivity index (χ1n) is 8.46. The molecule has 2 rings (SSSR count). The molecule has 5 nitrogen and oxygen atoms in total. The van der Waals surface area contributed by atoms with Gasteiger partial charge in [0.2, 0.25) is 5.91 Å². The van der Waals surface area contributed by atoms with E-state index < -0.39 is 0 Å². The Hall–Kier alpha value is -1.12. The molecule has 22 heavy (non-hydrogen) atoms. The summed E-state index contributed by atoms with van der Waals surface area (Å²) >= 11 is 0. The van der Waals surface area contributed by atoms with Gasteiger partial charge in [-0.1, -0.05) is 27.7 Å². The van der Waals surface area contributed by atoms with E-state index in [0.717, 1.165) is 39.3 Å². The third-order valence-electron chi connectivity index (χ3n) is 4.94. The second-order valence-electron chi connectivity index (χ2n) is 7.86. The van der Waals surface area contributed by atoms with Crippen LogP contribution in [0.1, 0.15) is 34.1 Å². The second kappa shape index (κ2) is 6.97. The van der Waals surface area contributed by atoms with Gasteiger partial charge in [0.1, 0.15) is 6.04 Å². The standard InChI is InChI=1S/C17H30N4O/c1-14(2)15(11-18)20-7-9-21(10-8-20)16(22)12-19-6-5-17(3,4)13-19/h14-15H,5-10,12-13H2,1-4H3. The van der Waals surface area contributed by atoms with E-state index >= 15 is 0 Å². The van der Waals surface area contributed by atoms with Crippen LogP contribution in [-0.4, -0.2) is 72.5 Å². The van der Waals surface area contributed by atoms with E-state index in [2.05, 4.69) is 43.6 Å². The fourth-order valence-electron chi connectivity index (χ4n) is 3.55. The summed E-state index contributed by atoms with van der Waals surface area (Å²) in [5, 5.41) is 9.28. The molecule has 0 aromatic carbocycles. The topological polar surface area (TPSA) is 50.6 Å². The Balaban J connectivity index is 1.79. The highest BCUT2D eigenvalue weighted by Crippen LogP contribution is 2.28. The van der Waals surface area contributed by atoms with Crippen LogP contribution in [0.2, 0.25) is 0 Å².